The van der Waals surface area contributed by atoms with Crippen molar-refractivity contribution in [3.8, 4) is 17.2 Å². The fourth-order valence-electron chi connectivity index (χ4n) is 5.23. The second kappa shape index (κ2) is 9.05. The maximum atomic E-state index is 13.5. The minimum atomic E-state index is -0.652. The largest absolute Gasteiger partial charge is 0.496 e. The number of amides is 1. The first-order valence-corrected chi connectivity index (χ1v) is 12.3. The number of aliphatic imine (C=N–C) groups is 1. The molecule has 10 nitrogen and oxygen atoms in total. The Morgan fingerprint density at radius 2 is 1.89 bits per heavy atom. The van der Waals surface area contributed by atoms with Crippen molar-refractivity contribution in [2.75, 3.05) is 27.3 Å². The summed E-state index contributed by atoms with van der Waals surface area (Å²) in [6.45, 7) is 4.53. The zero-order chi connectivity index (χ0) is 26.4. The smallest absolute Gasteiger partial charge is 0.272 e. The molecule has 1 spiro atoms. The second-order valence-corrected chi connectivity index (χ2v) is 9.51. The molecule has 1 saturated heterocycles. The average molecular weight is 515 g/mol. The van der Waals surface area contributed by atoms with Gasteiger partial charge in [-0.25, -0.2) is 10.5 Å². The third kappa shape index (κ3) is 3.98. The standard InChI is InChI=1S/C28H26N4O6/c1-16-29-26(31-38-16)17-7-8-22-19(13-17)21(33)15-28(37-22)9-11-32(12-10-28)27(34)20-14-24(36-3)18-5-4-6-23(35-2)25(18)30-20/h4-8,13-14H,1,9-12,15H2,2-3H3,(H,29,31). The number of benzene rings is 2. The van der Waals surface area contributed by atoms with Crippen molar-refractivity contribution >= 4 is 28.4 Å². The van der Waals surface area contributed by atoms with E-state index in [1.807, 2.05) is 18.2 Å². The van der Waals surface area contributed by atoms with Gasteiger partial charge in [0.05, 0.1) is 26.2 Å². The van der Waals surface area contributed by atoms with Crippen LogP contribution >= 0.6 is 0 Å². The molecule has 0 radical (unpaired) electrons. The molecular weight excluding hydrogens is 488 g/mol. The van der Waals surface area contributed by atoms with E-state index in [0.717, 1.165) is 5.39 Å². The van der Waals surface area contributed by atoms with Gasteiger partial charge in [0.1, 0.15) is 34.1 Å². The summed E-state index contributed by atoms with van der Waals surface area (Å²) in [6, 6.07) is 12.6. The molecular formula is C28H26N4O6. The lowest BCUT2D eigenvalue weighted by atomic mass is 9.82. The first-order chi connectivity index (χ1) is 18.4. The van der Waals surface area contributed by atoms with Crippen LogP contribution in [-0.4, -0.2) is 60.3 Å². The van der Waals surface area contributed by atoms with Crippen LogP contribution in [0, 0.1) is 0 Å². The first kappa shape index (κ1) is 23.8. The van der Waals surface area contributed by atoms with Gasteiger partial charge in [0.25, 0.3) is 5.91 Å². The summed E-state index contributed by atoms with van der Waals surface area (Å²) >= 11 is 0. The average Bonchev–Trinajstić information content (AvgIpc) is 3.38. The van der Waals surface area contributed by atoms with Crippen LogP contribution in [0.4, 0.5) is 0 Å². The Hall–Kier alpha value is -4.60. The van der Waals surface area contributed by atoms with E-state index < -0.39 is 5.60 Å². The van der Waals surface area contributed by atoms with E-state index in [9.17, 15) is 9.59 Å². The molecule has 3 aliphatic heterocycles. The topological polar surface area (TPSA) is 112 Å². The Kier molecular flexibility index (Phi) is 5.67. The lowest BCUT2D eigenvalue weighted by Gasteiger charge is -2.44. The molecule has 2 aromatic carbocycles. The number of para-hydroxylation sites is 1. The van der Waals surface area contributed by atoms with Gasteiger partial charge in [-0.15, -0.1) is 0 Å². The normalized spacial score (nSPS) is 17.8. The summed E-state index contributed by atoms with van der Waals surface area (Å²) in [5.74, 6) is 2.21. The SMILES string of the molecule is C=C1N=C(c2ccc3c(c2)C(=O)CC2(CCN(C(=O)c4cc(OC)c5cccc(OC)c5n4)CC2)O3)NO1. The number of hydroxylamine groups is 1. The summed E-state index contributed by atoms with van der Waals surface area (Å²) in [5, 5.41) is 0.769. The van der Waals surface area contributed by atoms with Crippen molar-refractivity contribution in [2.24, 2.45) is 4.99 Å². The maximum absolute atomic E-state index is 13.5. The monoisotopic (exact) mass is 514 g/mol. The van der Waals surface area contributed by atoms with Crippen LogP contribution in [0.2, 0.25) is 0 Å². The second-order valence-electron chi connectivity index (χ2n) is 9.51. The Morgan fingerprint density at radius 3 is 2.61 bits per heavy atom. The Labute approximate surface area is 218 Å². The number of ether oxygens (including phenoxy) is 3. The number of hydrogen-bond acceptors (Lipinski definition) is 9. The number of pyridine rings is 1. The van der Waals surface area contributed by atoms with Crippen LogP contribution in [0.1, 0.15) is 45.7 Å². The number of Topliss-reactive ketones (excluding diaryl/α,β-unsaturated/α-hetero) is 1. The summed E-state index contributed by atoms with van der Waals surface area (Å²) in [5.41, 5.74) is 4.11. The molecule has 0 atom stereocenters. The lowest BCUT2D eigenvalue weighted by Crippen LogP contribution is -2.52. The van der Waals surface area contributed by atoms with Crippen molar-refractivity contribution in [3.05, 3.63) is 71.7 Å². The van der Waals surface area contributed by atoms with Crippen molar-refractivity contribution in [3.63, 3.8) is 0 Å². The number of ketones is 1. The van der Waals surface area contributed by atoms with Gasteiger partial charge in [0.2, 0.25) is 5.88 Å². The fraction of sp³-hybridized carbons (Fsp3) is 0.286. The van der Waals surface area contributed by atoms with Gasteiger partial charge >= 0.3 is 0 Å². The molecule has 1 fully saturated rings. The molecule has 1 N–H and O–H groups in total. The molecule has 0 bridgehead atoms. The zero-order valence-corrected chi connectivity index (χ0v) is 21.1. The number of fused-ring (bicyclic) bond motifs is 2. The molecule has 6 rings (SSSR count). The van der Waals surface area contributed by atoms with E-state index in [-0.39, 0.29) is 29.7 Å². The van der Waals surface area contributed by atoms with Crippen molar-refractivity contribution in [1.29, 1.82) is 0 Å². The van der Waals surface area contributed by atoms with Crippen LogP contribution in [-0.2, 0) is 4.84 Å². The predicted molar refractivity (Wildman–Crippen MR) is 139 cm³/mol. The van der Waals surface area contributed by atoms with Crippen molar-refractivity contribution in [1.82, 2.24) is 15.4 Å². The zero-order valence-electron chi connectivity index (χ0n) is 21.1. The number of carbonyl (C=O) groups excluding carboxylic acids is 2. The van der Waals surface area contributed by atoms with Gasteiger partial charge in [-0.05, 0) is 36.9 Å². The molecule has 194 valence electrons. The molecule has 1 amide bonds. The van der Waals surface area contributed by atoms with Gasteiger partial charge in [0, 0.05) is 42.9 Å². The number of rotatable bonds is 4. The van der Waals surface area contributed by atoms with Crippen molar-refractivity contribution in [2.45, 2.75) is 24.9 Å². The van der Waals surface area contributed by atoms with E-state index in [0.29, 0.717) is 65.7 Å². The molecule has 38 heavy (non-hydrogen) atoms. The first-order valence-electron chi connectivity index (χ1n) is 12.3. The minimum absolute atomic E-state index is 0.000698. The van der Waals surface area contributed by atoms with E-state index in [1.165, 1.54) is 0 Å². The summed E-state index contributed by atoms with van der Waals surface area (Å²) in [6.07, 6.45) is 1.30. The number of amidine groups is 1. The molecule has 0 aliphatic carbocycles. The van der Waals surface area contributed by atoms with Crippen LogP contribution in [0.5, 0.6) is 17.2 Å². The van der Waals surface area contributed by atoms with Crippen LogP contribution in [0.15, 0.2) is 59.9 Å². The van der Waals surface area contributed by atoms with Gasteiger partial charge in [-0.3, -0.25) is 9.59 Å². The van der Waals surface area contributed by atoms with Gasteiger partial charge in [-0.1, -0.05) is 6.07 Å². The minimum Gasteiger partial charge on any atom is -0.496 e. The maximum Gasteiger partial charge on any atom is 0.272 e. The predicted octanol–water partition coefficient (Wildman–Crippen LogP) is 3.64. The molecule has 1 aromatic heterocycles. The summed E-state index contributed by atoms with van der Waals surface area (Å²) < 4.78 is 17.4. The number of methoxy groups -OCH3 is 2. The Bertz CT molecular complexity index is 1520. The highest BCUT2D eigenvalue weighted by Crippen LogP contribution is 2.40. The fourth-order valence-corrected chi connectivity index (χ4v) is 5.23. The third-order valence-electron chi connectivity index (χ3n) is 7.25. The summed E-state index contributed by atoms with van der Waals surface area (Å²) in [7, 11) is 3.13. The van der Waals surface area contributed by atoms with Crippen molar-refractivity contribution < 1.29 is 28.6 Å². The van der Waals surface area contributed by atoms with Crippen LogP contribution < -0.4 is 19.7 Å². The molecule has 3 aromatic rings. The number of aromatic nitrogens is 1. The highest BCUT2D eigenvalue weighted by Gasteiger charge is 2.44. The van der Waals surface area contributed by atoms with Gasteiger partial charge in [-0.2, -0.15) is 4.99 Å². The van der Waals surface area contributed by atoms with Gasteiger partial charge < -0.3 is 23.9 Å². The molecule has 0 saturated carbocycles. The molecule has 4 heterocycles. The number of hydrogen-bond donors (Lipinski definition) is 1. The summed E-state index contributed by atoms with van der Waals surface area (Å²) in [4.78, 5) is 42.2. The van der Waals surface area contributed by atoms with Crippen LogP contribution in [0.25, 0.3) is 10.9 Å². The highest BCUT2D eigenvalue weighted by atomic mass is 16.7. The highest BCUT2D eigenvalue weighted by molar-refractivity contribution is 6.05. The molecule has 0 unspecified atom stereocenters. The lowest BCUT2D eigenvalue weighted by molar-refractivity contribution is -0.00585. The number of nitrogens with one attached hydrogen (secondary N) is 1. The quantitative estimate of drug-likeness (QED) is 0.562. The van der Waals surface area contributed by atoms with E-state index in [1.54, 1.807) is 43.4 Å². The van der Waals surface area contributed by atoms with Gasteiger partial charge in [0.15, 0.2) is 11.6 Å². The molecule has 3 aliphatic rings. The number of nitrogens with zero attached hydrogens (tertiary/aromatic N) is 3. The van der Waals surface area contributed by atoms with E-state index >= 15 is 0 Å². The Balaban J connectivity index is 1.20. The van der Waals surface area contributed by atoms with Crippen LogP contribution in [0.3, 0.4) is 0 Å². The van der Waals surface area contributed by atoms with E-state index in [2.05, 4.69) is 22.0 Å². The number of carbonyl (C=O) groups is 2. The van der Waals surface area contributed by atoms with E-state index in [4.69, 9.17) is 19.0 Å². The third-order valence-corrected chi connectivity index (χ3v) is 7.25. The number of piperidine rings is 1. The molecule has 10 heteroatoms. The Morgan fingerprint density at radius 1 is 1.11 bits per heavy atom. The number of likely N-dealkylation sites (tertiary alicyclic amines) is 1.